The lowest BCUT2D eigenvalue weighted by Crippen LogP contribution is -2.15. The van der Waals surface area contributed by atoms with Gasteiger partial charge in [0.25, 0.3) is 10.0 Å². The van der Waals surface area contributed by atoms with Crippen LogP contribution in [-0.4, -0.2) is 24.2 Å². The quantitative estimate of drug-likeness (QED) is 0.438. The lowest BCUT2D eigenvalue weighted by Gasteiger charge is -2.13. The number of ketones is 1. The van der Waals surface area contributed by atoms with Gasteiger partial charge in [0.1, 0.15) is 11.9 Å². The van der Waals surface area contributed by atoms with Crippen LogP contribution in [0.25, 0.3) is 11.0 Å². The van der Waals surface area contributed by atoms with Gasteiger partial charge in [-0.1, -0.05) is 29.8 Å². The number of benzene rings is 3. The van der Waals surface area contributed by atoms with E-state index >= 15 is 0 Å². The number of rotatable bonds is 5. The van der Waals surface area contributed by atoms with Gasteiger partial charge in [-0.2, -0.15) is 5.26 Å². The van der Waals surface area contributed by atoms with Crippen LogP contribution in [0.1, 0.15) is 21.6 Å². The van der Waals surface area contributed by atoms with Gasteiger partial charge in [0.05, 0.1) is 38.4 Å². The van der Waals surface area contributed by atoms with Crippen molar-refractivity contribution in [1.29, 1.82) is 5.26 Å². The number of nitrogens with zero attached hydrogens (tertiary/aromatic N) is 3. The molecule has 0 saturated carbocycles. The zero-order valence-electron chi connectivity index (χ0n) is 16.1. The largest absolute Gasteiger partial charge is 0.288 e. The maximum absolute atomic E-state index is 14.6. The molecule has 0 aliphatic rings. The van der Waals surface area contributed by atoms with Crippen molar-refractivity contribution in [2.75, 3.05) is 4.72 Å². The van der Waals surface area contributed by atoms with Crippen LogP contribution in [0, 0.1) is 17.1 Å². The molecule has 1 aromatic heterocycles. The minimum Gasteiger partial charge on any atom is -0.288 e. The van der Waals surface area contributed by atoms with Crippen LogP contribution in [0.3, 0.4) is 0 Å². The van der Waals surface area contributed by atoms with E-state index in [1.165, 1.54) is 36.5 Å². The fraction of sp³-hybridized carbons (Fsp3) is 0. The van der Waals surface area contributed by atoms with E-state index in [9.17, 15) is 17.6 Å². The number of sulfonamides is 1. The second-order valence-electron chi connectivity index (χ2n) is 6.60. The first-order valence-corrected chi connectivity index (χ1v) is 10.9. The predicted molar refractivity (Wildman–Crippen MR) is 116 cm³/mol. The van der Waals surface area contributed by atoms with Gasteiger partial charge < -0.3 is 0 Å². The lowest BCUT2D eigenvalue weighted by atomic mass is 10.0. The molecule has 0 saturated heterocycles. The van der Waals surface area contributed by atoms with E-state index in [-0.39, 0.29) is 32.4 Å². The van der Waals surface area contributed by atoms with Crippen molar-refractivity contribution in [2.45, 2.75) is 4.90 Å². The summed E-state index contributed by atoms with van der Waals surface area (Å²) in [5.74, 6) is -1.70. The van der Waals surface area contributed by atoms with E-state index in [0.29, 0.717) is 5.52 Å². The van der Waals surface area contributed by atoms with Gasteiger partial charge in [-0.25, -0.2) is 17.8 Å². The molecule has 0 unspecified atom stereocenters. The molecule has 0 radical (unpaired) electrons. The fourth-order valence-corrected chi connectivity index (χ4v) is 4.43. The SMILES string of the molecule is N#Cc1cnc2ccc(C(=O)c3c(F)ccc(NS(=O)(=O)c4ccccc4)c3Cl)cc2n1. The number of aromatic nitrogens is 2. The van der Waals surface area contributed by atoms with E-state index in [2.05, 4.69) is 14.7 Å². The maximum Gasteiger partial charge on any atom is 0.261 e. The summed E-state index contributed by atoms with van der Waals surface area (Å²) in [5.41, 5.74) is 0.175. The van der Waals surface area contributed by atoms with Crippen molar-refractivity contribution in [3.8, 4) is 6.07 Å². The number of nitrogens with one attached hydrogen (secondary N) is 1. The van der Waals surface area contributed by atoms with Crippen LogP contribution in [-0.2, 0) is 10.0 Å². The molecule has 4 rings (SSSR count). The second-order valence-corrected chi connectivity index (χ2v) is 8.66. The summed E-state index contributed by atoms with van der Waals surface area (Å²) in [6.45, 7) is 0. The Morgan fingerprint density at radius 2 is 1.81 bits per heavy atom. The molecular weight excluding hydrogens is 455 g/mol. The number of hydrogen-bond acceptors (Lipinski definition) is 6. The topological polar surface area (TPSA) is 113 Å². The number of carbonyl (C=O) groups is 1. The van der Waals surface area contributed by atoms with Gasteiger partial charge in [0.2, 0.25) is 0 Å². The highest BCUT2D eigenvalue weighted by Gasteiger charge is 2.23. The van der Waals surface area contributed by atoms with Crippen molar-refractivity contribution in [1.82, 2.24) is 9.97 Å². The zero-order chi connectivity index (χ0) is 22.9. The molecule has 0 atom stereocenters. The van der Waals surface area contributed by atoms with Crippen LogP contribution in [0.15, 0.2) is 71.8 Å². The Balaban J connectivity index is 1.75. The summed E-state index contributed by atoms with van der Waals surface area (Å²) in [6.07, 6.45) is 1.29. The Labute approximate surface area is 187 Å². The van der Waals surface area contributed by atoms with Gasteiger partial charge in [-0.05, 0) is 42.5 Å². The standard InChI is InChI=1S/C22H12ClFN4O3S/c23-21-18(28-32(30,31)15-4-2-1-3-5-15)9-7-16(24)20(21)22(29)13-6-8-17-19(10-13)27-14(11-25)12-26-17/h1-10,12,28H. The van der Waals surface area contributed by atoms with Crippen molar-refractivity contribution in [3.05, 3.63) is 94.5 Å². The minimum atomic E-state index is -4.01. The average molecular weight is 467 g/mol. The highest BCUT2D eigenvalue weighted by molar-refractivity contribution is 7.92. The lowest BCUT2D eigenvalue weighted by molar-refractivity contribution is 0.103. The first kappa shape index (κ1) is 21.4. The molecule has 7 nitrogen and oxygen atoms in total. The zero-order valence-corrected chi connectivity index (χ0v) is 17.7. The summed E-state index contributed by atoms with van der Waals surface area (Å²) in [4.78, 5) is 21.2. The molecule has 3 aromatic carbocycles. The van der Waals surface area contributed by atoms with Crippen LogP contribution in [0.2, 0.25) is 5.02 Å². The monoisotopic (exact) mass is 466 g/mol. The molecule has 0 bridgehead atoms. The molecule has 10 heteroatoms. The molecule has 0 fully saturated rings. The highest BCUT2D eigenvalue weighted by Crippen LogP contribution is 2.32. The van der Waals surface area contributed by atoms with E-state index < -0.39 is 27.2 Å². The van der Waals surface area contributed by atoms with Crippen LogP contribution >= 0.6 is 11.6 Å². The van der Waals surface area contributed by atoms with Crippen LogP contribution < -0.4 is 4.72 Å². The van der Waals surface area contributed by atoms with Gasteiger partial charge >= 0.3 is 0 Å². The van der Waals surface area contributed by atoms with E-state index in [1.807, 2.05) is 6.07 Å². The summed E-state index contributed by atoms with van der Waals surface area (Å²) >= 11 is 6.26. The maximum atomic E-state index is 14.6. The normalized spacial score (nSPS) is 11.2. The first-order valence-electron chi connectivity index (χ1n) is 9.07. The molecule has 0 spiro atoms. The third-order valence-electron chi connectivity index (χ3n) is 4.53. The molecule has 1 N–H and O–H groups in total. The van der Waals surface area contributed by atoms with Gasteiger partial charge in [0, 0.05) is 5.56 Å². The molecule has 0 amide bonds. The molecule has 4 aromatic rings. The fourth-order valence-electron chi connectivity index (χ4n) is 2.99. The Morgan fingerprint density at radius 3 is 2.53 bits per heavy atom. The van der Waals surface area contributed by atoms with Crippen molar-refractivity contribution in [3.63, 3.8) is 0 Å². The predicted octanol–water partition coefficient (Wildman–Crippen LogP) is 4.33. The molecular formula is C22H12ClFN4O3S. The molecule has 0 aliphatic carbocycles. The first-order chi connectivity index (χ1) is 15.3. The summed E-state index contributed by atoms with van der Waals surface area (Å²) < 4.78 is 42.1. The van der Waals surface area contributed by atoms with Crippen LogP contribution in [0.4, 0.5) is 10.1 Å². The number of carbonyl (C=O) groups excluding carboxylic acids is 1. The third-order valence-corrected chi connectivity index (χ3v) is 6.31. The minimum absolute atomic E-state index is 0.0188. The number of hydrogen-bond donors (Lipinski definition) is 1. The van der Waals surface area contributed by atoms with E-state index in [1.54, 1.807) is 18.2 Å². The Bertz CT molecular complexity index is 1520. The number of nitriles is 1. The molecule has 158 valence electrons. The summed E-state index contributed by atoms with van der Waals surface area (Å²) in [5, 5.41) is 8.61. The number of fused-ring (bicyclic) bond motifs is 1. The molecule has 32 heavy (non-hydrogen) atoms. The second kappa shape index (κ2) is 8.34. The highest BCUT2D eigenvalue weighted by atomic mass is 35.5. The van der Waals surface area contributed by atoms with Crippen molar-refractivity contribution >= 4 is 44.1 Å². The van der Waals surface area contributed by atoms with E-state index in [0.717, 1.165) is 12.1 Å². The van der Waals surface area contributed by atoms with Crippen molar-refractivity contribution in [2.24, 2.45) is 0 Å². The number of anilines is 1. The van der Waals surface area contributed by atoms with E-state index in [4.69, 9.17) is 16.9 Å². The Hall–Kier alpha value is -3.87. The molecule has 0 aliphatic heterocycles. The number of halogens is 2. The summed E-state index contributed by atoms with van der Waals surface area (Å²) in [7, 11) is -4.01. The molecule has 1 heterocycles. The smallest absolute Gasteiger partial charge is 0.261 e. The van der Waals surface area contributed by atoms with Gasteiger partial charge in [-0.3, -0.25) is 14.5 Å². The average Bonchev–Trinajstić information content (AvgIpc) is 2.80. The Kier molecular flexibility index (Phi) is 5.57. The van der Waals surface area contributed by atoms with Crippen molar-refractivity contribution < 1.29 is 17.6 Å². The Morgan fingerprint density at radius 1 is 1.06 bits per heavy atom. The third kappa shape index (κ3) is 4.01. The van der Waals surface area contributed by atoms with Gasteiger partial charge in [0.15, 0.2) is 11.5 Å². The summed E-state index contributed by atoms with van der Waals surface area (Å²) in [6, 6.07) is 15.8. The van der Waals surface area contributed by atoms with Crippen LogP contribution in [0.5, 0.6) is 0 Å². The van der Waals surface area contributed by atoms with Gasteiger partial charge in [-0.15, -0.1) is 0 Å².